The number of aryl methyl sites for hydroxylation is 1. The number of hydrogen-bond acceptors (Lipinski definition) is 1. The zero-order valence-electron chi connectivity index (χ0n) is 8.24. The van der Waals surface area contributed by atoms with Crippen LogP contribution in [0.15, 0.2) is 30.7 Å². The fraction of sp³-hybridized carbons (Fsp3) is 0.182. The van der Waals surface area contributed by atoms with Crippen molar-refractivity contribution in [1.82, 2.24) is 9.55 Å². The molecule has 0 unspecified atom stereocenters. The topological polar surface area (TPSA) is 17.8 Å². The van der Waals surface area contributed by atoms with E-state index in [1.54, 1.807) is 12.4 Å². The monoisotopic (exact) mass is 240 g/mol. The van der Waals surface area contributed by atoms with Crippen molar-refractivity contribution in [3.63, 3.8) is 0 Å². The molecule has 78 valence electrons. The molecule has 0 aliphatic rings. The van der Waals surface area contributed by atoms with Gasteiger partial charge in [0.25, 0.3) is 0 Å². The molecule has 0 N–H and O–H groups in total. The molecule has 0 fully saturated rings. The number of hydrogen-bond donors (Lipinski definition) is 0. The molecule has 2 aromatic rings. The largest absolute Gasteiger partial charge is 0.330 e. The van der Waals surface area contributed by atoms with Crippen LogP contribution >= 0.6 is 23.2 Å². The highest BCUT2D eigenvalue weighted by molar-refractivity contribution is 6.33. The molecule has 4 heteroatoms. The molecule has 0 saturated carbocycles. The van der Waals surface area contributed by atoms with Gasteiger partial charge in [-0.05, 0) is 30.7 Å². The third kappa shape index (κ3) is 2.33. The Balaban J connectivity index is 2.32. The smallest absolute Gasteiger partial charge is 0.0951 e. The average Bonchev–Trinajstić information content (AvgIpc) is 2.58. The van der Waals surface area contributed by atoms with Crippen LogP contribution in [0.1, 0.15) is 11.3 Å². The predicted molar refractivity (Wildman–Crippen MR) is 62.5 cm³/mol. The minimum Gasteiger partial charge on any atom is -0.330 e. The van der Waals surface area contributed by atoms with Gasteiger partial charge in [-0.15, -0.1) is 0 Å². The van der Waals surface area contributed by atoms with E-state index in [0.717, 1.165) is 16.3 Å². The number of imidazole rings is 1. The highest BCUT2D eigenvalue weighted by Crippen LogP contribution is 2.21. The lowest BCUT2D eigenvalue weighted by molar-refractivity contribution is 0.770. The summed E-state index contributed by atoms with van der Waals surface area (Å²) in [7, 11) is 0. The van der Waals surface area contributed by atoms with Crippen LogP contribution in [-0.2, 0) is 6.54 Å². The van der Waals surface area contributed by atoms with Gasteiger partial charge < -0.3 is 4.57 Å². The highest BCUT2D eigenvalue weighted by Gasteiger charge is 2.03. The molecular formula is C11H10Cl2N2. The summed E-state index contributed by atoms with van der Waals surface area (Å²) in [6.45, 7) is 2.71. The molecule has 0 atom stereocenters. The van der Waals surface area contributed by atoms with Gasteiger partial charge in [-0.1, -0.05) is 23.2 Å². The van der Waals surface area contributed by atoms with E-state index in [2.05, 4.69) is 4.98 Å². The van der Waals surface area contributed by atoms with Crippen LogP contribution in [0.2, 0.25) is 10.0 Å². The van der Waals surface area contributed by atoms with Gasteiger partial charge in [-0.3, -0.25) is 0 Å². The van der Waals surface area contributed by atoms with Gasteiger partial charge in [0.1, 0.15) is 0 Å². The number of aromatic nitrogens is 2. The van der Waals surface area contributed by atoms with Crippen LogP contribution in [-0.4, -0.2) is 9.55 Å². The molecule has 0 spiro atoms. The molecule has 1 aromatic heterocycles. The second-order valence-corrected chi connectivity index (χ2v) is 4.24. The quantitative estimate of drug-likeness (QED) is 0.786. The summed E-state index contributed by atoms with van der Waals surface area (Å²) in [5.41, 5.74) is 2.11. The standard InChI is InChI=1S/C11H10Cl2N2/c1-8-5-14-7-15(8)6-9-4-10(12)2-3-11(9)13/h2-5,7H,6H2,1H3. The Morgan fingerprint density at radius 1 is 1.33 bits per heavy atom. The second kappa shape index (κ2) is 4.25. The van der Waals surface area contributed by atoms with Crippen molar-refractivity contribution < 1.29 is 0 Å². The summed E-state index contributed by atoms with van der Waals surface area (Å²) < 4.78 is 2.03. The van der Waals surface area contributed by atoms with Gasteiger partial charge in [0.2, 0.25) is 0 Å². The number of halogens is 2. The molecule has 15 heavy (non-hydrogen) atoms. The summed E-state index contributed by atoms with van der Waals surface area (Å²) in [5.74, 6) is 0. The molecule has 2 nitrogen and oxygen atoms in total. The van der Waals surface area contributed by atoms with E-state index >= 15 is 0 Å². The van der Waals surface area contributed by atoms with Crippen LogP contribution in [0, 0.1) is 6.92 Å². The minimum atomic E-state index is 0.700. The van der Waals surface area contributed by atoms with Gasteiger partial charge in [-0.25, -0.2) is 4.98 Å². The normalized spacial score (nSPS) is 10.6. The van der Waals surface area contributed by atoms with Gasteiger partial charge >= 0.3 is 0 Å². The van der Waals surface area contributed by atoms with Crippen molar-refractivity contribution in [3.05, 3.63) is 52.0 Å². The Hall–Kier alpha value is -0.990. The van der Waals surface area contributed by atoms with Crippen LogP contribution in [0.4, 0.5) is 0 Å². The first-order valence-corrected chi connectivity index (χ1v) is 5.33. The second-order valence-electron chi connectivity index (χ2n) is 3.40. The Labute approximate surface area is 98.5 Å². The van der Waals surface area contributed by atoms with Gasteiger partial charge in [0.05, 0.1) is 12.9 Å². The lowest BCUT2D eigenvalue weighted by Crippen LogP contribution is -2.00. The van der Waals surface area contributed by atoms with Crippen molar-refractivity contribution in [2.75, 3.05) is 0 Å². The van der Waals surface area contributed by atoms with Crippen molar-refractivity contribution in [2.24, 2.45) is 0 Å². The Morgan fingerprint density at radius 2 is 2.13 bits per heavy atom. The molecule has 1 aromatic carbocycles. The summed E-state index contributed by atoms with van der Waals surface area (Å²) in [5, 5.41) is 1.43. The Morgan fingerprint density at radius 3 is 2.80 bits per heavy atom. The summed E-state index contributed by atoms with van der Waals surface area (Å²) in [6, 6.07) is 5.48. The third-order valence-electron chi connectivity index (χ3n) is 2.27. The fourth-order valence-corrected chi connectivity index (χ4v) is 1.77. The molecular weight excluding hydrogens is 231 g/mol. The van der Waals surface area contributed by atoms with Gasteiger partial charge in [-0.2, -0.15) is 0 Å². The lowest BCUT2D eigenvalue weighted by atomic mass is 10.2. The maximum Gasteiger partial charge on any atom is 0.0951 e. The van der Waals surface area contributed by atoms with Crippen LogP contribution in [0.5, 0.6) is 0 Å². The van der Waals surface area contributed by atoms with E-state index in [1.807, 2.05) is 29.8 Å². The third-order valence-corrected chi connectivity index (χ3v) is 2.87. The molecule has 0 bridgehead atoms. The lowest BCUT2D eigenvalue weighted by Gasteiger charge is -2.07. The maximum atomic E-state index is 6.07. The molecule has 0 aliphatic heterocycles. The number of rotatable bonds is 2. The molecule has 0 radical (unpaired) electrons. The first-order chi connectivity index (χ1) is 7.16. The average molecular weight is 241 g/mol. The van der Waals surface area contributed by atoms with Gasteiger partial charge in [0, 0.05) is 21.9 Å². The van der Waals surface area contributed by atoms with Crippen LogP contribution in [0.25, 0.3) is 0 Å². The maximum absolute atomic E-state index is 6.07. The Kier molecular flexibility index (Phi) is 2.98. The van der Waals surface area contributed by atoms with Crippen molar-refractivity contribution in [2.45, 2.75) is 13.5 Å². The van der Waals surface area contributed by atoms with E-state index in [1.165, 1.54) is 0 Å². The molecule has 0 saturated heterocycles. The van der Waals surface area contributed by atoms with E-state index in [-0.39, 0.29) is 0 Å². The van der Waals surface area contributed by atoms with Crippen molar-refractivity contribution >= 4 is 23.2 Å². The van der Waals surface area contributed by atoms with Crippen molar-refractivity contribution in [1.29, 1.82) is 0 Å². The Bertz CT molecular complexity index is 477. The summed E-state index contributed by atoms with van der Waals surface area (Å²) in [4.78, 5) is 4.06. The molecule has 1 heterocycles. The molecule has 0 amide bonds. The van der Waals surface area contributed by atoms with Crippen LogP contribution in [0.3, 0.4) is 0 Å². The zero-order chi connectivity index (χ0) is 10.8. The zero-order valence-corrected chi connectivity index (χ0v) is 9.76. The minimum absolute atomic E-state index is 0.700. The predicted octanol–water partition coefficient (Wildman–Crippen LogP) is 3.55. The first kappa shape index (κ1) is 10.5. The molecule has 2 rings (SSSR count). The van der Waals surface area contributed by atoms with E-state index in [0.29, 0.717) is 11.6 Å². The van der Waals surface area contributed by atoms with E-state index in [9.17, 15) is 0 Å². The van der Waals surface area contributed by atoms with E-state index < -0.39 is 0 Å². The van der Waals surface area contributed by atoms with Crippen LogP contribution < -0.4 is 0 Å². The SMILES string of the molecule is Cc1cncn1Cc1cc(Cl)ccc1Cl. The molecule has 0 aliphatic carbocycles. The fourth-order valence-electron chi connectivity index (χ4n) is 1.40. The summed E-state index contributed by atoms with van der Waals surface area (Å²) >= 11 is 12.0. The van der Waals surface area contributed by atoms with Gasteiger partial charge in [0.15, 0.2) is 0 Å². The number of nitrogens with zero attached hydrogens (tertiary/aromatic N) is 2. The van der Waals surface area contributed by atoms with Crippen molar-refractivity contribution in [3.8, 4) is 0 Å². The number of benzene rings is 1. The summed E-state index contributed by atoms with van der Waals surface area (Å²) in [6.07, 6.45) is 3.60. The first-order valence-electron chi connectivity index (χ1n) is 4.57. The highest BCUT2D eigenvalue weighted by atomic mass is 35.5. The van der Waals surface area contributed by atoms with E-state index in [4.69, 9.17) is 23.2 Å².